The Morgan fingerprint density at radius 3 is 2.47 bits per heavy atom. The summed E-state index contributed by atoms with van der Waals surface area (Å²) in [4.78, 5) is 16.1. The van der Waals surface area contributed by atoms with Crippen LogP contribution in [-0.4, -0.2) is 15.9 Å². The van der Waals surface area contributed by atoms with E-state index in [-0.39, 0.29) is 16.9 Å². The topological polar surface area (TPSA) is 68.0 Å². The van der Waals surface area contributed by atoms with Crippen molar-refractivity contribution in [3.63, 3.8) is 0 Å². The second-order valence-electron chi connectivity index (χ2n) is 4.46. The maximum atomic E-state index is 12.0. The molecular weight excluding hydrogens is 234 g/mol. The highest BCUT2D eigenvalue weighted by Gasteiger charge is 2.31. The van der Waals surface area contributed by atoms with Gasteiger partial charge in [0.15, 0.2) is 0 Å². The number of rotatable bonds is 4. The lowest BCUT2D eigenvalue weighted by molar-refractivity contribution is -0.126. The Morgan fingerprint density at radius 2 is 2.00 bits per heavy atom. The van der Waals surface area contributed by atoms with Crippen molar-refractivity contribution in [1.82, 2.24) is 10.3 Å². The fourth-order valence-corrected chi connectivity index (χ4v) is 1.32. The first-order valence-electron chi connectivity index (χ1n) is 5.36. The number of aromatic nitrogens is 1. The van der Waals surface area contributed by atoms with Gasteiger partial charge in [-0.2, -0.15) is 0 Å². The molecule has 1 aromatic rings. The number of amides is 1. The summed E-state index contributed by atoms with van der Waals surface area (Å²) in [6, 6.07) is 3.62. The molecule has 3 N–H and O–H groups in total. The van der Waals surface area contributed by atoms with Gasteiger partial charge >= 0.3 is 0 Å². The lowest BCUT2D eigenvalue weighted by Crippen LogP contribution is -2.45. The summed E-state index contributed by atoms with van der Waals surface area (Å²) >= 11 is 4.88. The Morgan fingerprint density at radius 1 is 1.47 bits per heavy atom. The molecule has 1 amide bonds. The van der Waals surface area contributed by atoms with Crippen LogP contribution in [0.3, 0.4) is 0 Å². The number of carbonyl (C=O) groups is 1. The monoisotopic (exact) mass is 251 g/mol. The molecule has 92 valence electrons. The highest BCUT2D eigenvalue weighted by molar-refractivity contribution is 7.80. The molecule has 0 aliphatic heterocycles. The van der Waals surface area contributed by atoms with Gasteiger partial charge in [0.05, 0.1) is 16.4 Å². The zero-order chi connectivity index (χ0) is 13.1. The zero-order valence-corrected chi connectivity index (χ0v) is 11.0. The van der Waals surface area contributed by atoms with E-state index in [2.05, 4.69) is 10.3 Å². The Balaban J connectivity index is 2.74. The van der Waals surface area contributed by atoms with E-state index in [9.17, 15) is 4.79 Å². The molecule has 0 aliphatic rings. The van der Waals surface area contributed by atoms with Gasteiger partial charge in [-0.05, 0) is 38.5 Å². The van der Waals surface area contributed by atoms with Crippen molar-refractivity contribution < 1.29 is 4.79 Å². The molecule has 1 heterocycles. The fraction of sp³-hybridized carbons (Fsp3) is 0.417. The van der Waals surface area contributed by atoms with E-state index < -0.39 is 5.41 Å². The standard InChI is InChI=1S/C12H17N3OS/c1-8(9-4-6-14-7-5-9)15-11(16)12(2,3)10(13)17/h4-8H,1-3H3,(H2,13,17)(H,15,16). The van der Waals surface area contributed by atoms with Gasteiger partial charge in [0.1, 0.15) is 0 Å². The van der Waals surface area contributed by atoms with E-state index in [1.54, 1.807) is 26.2 Å². The van der Waals surface area contributed by atoms with Crippen molar-refractivity contribution >= 4 is 23.1 Å². The van der Waals surface area contributed by atoms with E-state index in [1.807, 2.05) is 19.1 Å². The fourth-order valence-electron chi connectivity index (χ4n) is 1.22. The predicted molar refractivity (Wildman–Crippen MR) is 71.4 cm³/mol. The first-order valence-corrected chi connectivity index (χ1v) is 5.77. The van der Waals surface area contributed by atoms with Gasteiger partial charge in [-0.1, -0.05) is 12.2 Å². The smallest absolute Gasteiger partial charge is 0.232 e. The number of hydrogen-bond donors (Lipinski definition) is 2. The van der Waals surface area contributed by atoms with Crippen LogP contribution < -0.4 is 11.1 Å². The predicted octanol–water partition coefficient (Wildman–Crippen LogP) is 1.57. The lowest BCUT2D eigenvalue weighted by Gasteiger charge is -2.24. The van der Waals surface area contributed by atoms with Crippen LogP contribution in [0.4, 0.5) is 0 Å². The molecule has 17 heavy (non-hydrogen) atoms. The highest BCUT2D eigenvalue weighted by atomic mass is 32.1. The molecule has 0 fully saturated rings. The summed E-state index contributed by atoms with van der Waals surface area (Å²) in [7, 11) is 0. The van der Waals surface area contributed by atoms with Gasteiger partial charge in [-0.15, -0.1) is 0 Å². The molecule has 5 heteroatoms. The Hall–Kier alpha value is -1.49. The molecule has 1 rings (SSSR count). The molecular formula is C12H17N3OS. The number of hydrogen-bond acceptors (Lipinski definition) is 3. The van der Waals surface area contributed by atoms with Crippen LogP contribution >= 0.6 is 12.2 Å². The summed E-state index contributed by atoms with van der Waals surface area (Å²) in [5, 5.41) is 2.88. The molecule has 0 radical (unpaired) electrons. The minimum absolute atomic E-state index is 0.0980. The molecule has 1 unspecified atom stereocenters. The van der Waals surface area contributed by atoms with Gasteiger partial charge in [0.25, 0.3) is 0 Å². The molecule has 0 bridgehead atoms. The van der Waals surface area contributed by atoms with Crippen LogP contribution in [0.5, 0.6) is 0 Å². The van der Waals surface area contributed by atoms with Crippen molar-refractivity contribution in [2.24, 2.45) is 11.1 Å². The summed E-state index contributed by atoms with van der Waals surface area (Å²) in [5.74, 6) is -0.172. The van der Waals surface area contributed by atoms with Crippen LogP contribution in [0.25, 0.3) is 0 Å². The summed E-state index contributed by atoms with van der Waals surface area (Å²) < 4.78 is 0. The van der Waals surface area contributed by atoms with E-state index in [4.69, 9.17) is 18.0 Å². The number of nitrogens with zero attached hydrogens (tertiary/aromatic N) is 1. The van der Waals surface area contributed by atoms with Crippen molar-refractivity contribution in [2.45, 2.75) is 26.8 Å². The minimum Gasteiger partial charge on any atom is -0.392 e. The van der Waals surface area contributed by atoms with Crippen LogP contribution in [0.15, 0.2) is 24.5 Å². The Bertz CT molecular complexity index is 417. The molecule has 1 atom stereocenters. The average molecular weight is 251 g/mol. The Kier molecular flexibility index (Phi) is 4.17. The van der Waals surface area contributed by atoms with Gasteiger partial charge in [0.2, 0.25) is 5.91 Å². The lowest BCUT2D eigenvalue weighted by atomic mass is 9.92. The molecule has 1 aromatic heterocycles. The molecule has 4 nitrogen and oxygen atoms in total. The summed E-state index contributed by atoms with van der Waals surface area (Å²) in [6.45, 7) is 5.33. The van der Waals surface area contributed by atoms with Crippen molar-refractivity contribution in [1.29, 1.82) is 0 Å². The number of thiocarbonyl (C=S) groups is 1. The van der Waals surface area contributed by atoms with Crippen LogP contribution in [-0.2, 0) is 4.79 Å². The number of pyridine rings is 1. The molecule has 0 saturated carbocycles. The first kappa shape index (κ1) is 13.6. The quantitative estimate of drug-likeness (QED) is 0.797. The normalized spacial score (nSPS) is 12.9. The molecule has 0 spiro atoms. The largest absolute Gasteiger partial charge is 0.392 e. The Labute approximate surface area is 107 Å². The van der Waals surface area contributed by atoms with E-state index in [0.717, 1.165) is 5.56 Å². The first-order chi connectivity index (χ1) is 7.85. The van der Waals surface area contributed by atoms with Crippen molar-refractivity contribution in [2.75, 3.05) is 0 Å². The second-order valence-corrected chi connectivity index (χ2v) is 4.90. The summed E-state index contributed by atoms with van der Waals surface area (Å²) in [5.41, 5.74) is 5.70. The number of nitrogens with one attached hydrogen (secondary N) is 1. The van der Waals surface area contributed by atoms with E-state index in [1.165, 1.54) is 0 Å². The van der Waals surface area contributed by atoms with Crippen LogP contribution in [0.1, 0.15) is 32.4 Å². The van der Waals surface area contributed by atoms with E-state index in [0.29, 0.717) is 0 Å². The molecule has 0 aromatic carbocycles. The van der Waals surface area contributed by atoms with Gasteiger partial charge in [-0.25, -0.2) is 0 Å². The SMILES string of the molecule is CC(NC(=O)C(C)(C)C(N)=S)c1ccncc1. The maximum absolute atomic E-state index is 12.0. The van der Waals surface area contributed by atoms with Crippen LogP contribution in [0, 0.1) is 5.41 Å². The minimum atomic E-state index is -0.837. The van der Waals surface area contributed by atoms with Gasteiger partial charge in [0, 0.05) is 12.4 Å². The maximum Gasteiger partial charge on any atom is 0.232 e. The van der Waals surface area contributed by atoms with Crippen LogP contribution in [0.2, 0.25) is 0 Å². The third-order valence-electron chi connectivity index (χ3n) is 2.74. The molecule has 0 saturated heterocycles. The van der Waals surface area contributed by atoms with Gasteiger partial charge in [-0.3, -0.25) is 9.78 Å². The van der Waals surface area contributed by atoms with E-state index >= 15 is 0 Å². The van der Waals surface area contributed by atoms with Crippen molar-refractivity contribution in [3.05, 3.63) is 30.1 Å². The zero-order valence-electron chi connectivity index (χ0n) is 10.2. The third kappa shape index (κ3) is 3.23. The van der Waals surface area contributed by atoms with Crippen molar-refractivity contribution in [3.8, 4) is 0 Å². The number of nitrogens with two attached hydrogens (primary N) is 1. The third-order valence-corrected chi connectivity index (χ3v) is 3.25. The second kappa shape index (κ2) is 5.23. The number of carbonyl (C=O) groups excluding carboxylic acids is 1. The molecule has 0 aliphatic carbocycles. The average Bonchev–Trinajstić information content (AvgIpc) is 2.29. The highest BCUT2D eigenvalue weighted by Crippen LogP contribution is 2.18. The van der Waals surface area contributed by atoms with Gasteiger partial charge < -0.3 is 11.1 Å². The summed E-state index contributed by atoms with van der Waals surface area (Å²) in [6.07, 6.45) is 3.38.